The maximum absolute atomic E-state index is 12.8. The number of aromatic nitrogens is 2. The molecule has 4 rings (SSSR count). The zero-order valence-corrected chi connectivity index (χ0v) is 14.3. The summed E-state index contributed by atoms with van der Waals surface area (Å²) < 4.78 is 1.92. The Balaban J connectivity index is 1.64. The molecule has 0 aromatic carbocycles. The summed E-state index contributed by atoms with van der Waals surface area (Å²) in [4.78, 5) is 16.9. The normalized spacial score (nSPS) is 24.6. The number of aryl methyl sites for hydroxylation is 1. The van der Waals surface area contributed by atoms with Crippen molar-refractivity contribution in [1.82, 2.24) is 14.7 Å². The lowest BCUT2D eigenvalue weighted by Crippen LogP contribution is -2.28. The number of amides is 1. The van der Waals surface area contributed by atoms with Crippen LogP contribution in [0.2, 0.25) is 0 Å². The van der Waals surface area contributed by atoms with Crippen molar-refractivity contribution < 1.29 is 4.79 Å². The Morgan fingerprint density at radius 3 is 2.64 bits per heavy atom. The molecule has 3 heterocycles. The third-order valence-corrected chi connectivity index (χ3v) is 6.50. The Labute approximate surface area is 135 Å². The third-order valence-electron chi connectivity index (χ3n) is 5.31. The number of hydrogen-bond donors (Lipinski definition) is 0. The Bertz CT molecular complexity index is 718. The highest BCUT2D eigenvalue weighted by molar-refractivity contribution is 7.20. The van der Waals surface area contributed by atoms with E-state index >= 15 is 0 Å². The summed E-state index contributed by atoms with van der Waals surface area (Å²) in [5, 5.41) is 5.75. The van der Waals surface area contributed by atoms with Gasteiger partial charge in [-0.1, -0.05) is 20.3 Å². The van der Waals surface area contributed by atoms with Crippen LogP contribution in [0.4, 0.5) is 0 Å². The summed E-state index contributed by atoms with van der Waals surface area (Å²) in [5.74, 6) is 2.12. The summed E-state index contributed by atoms with van der Waals surface area (Å²) in [7, 11) is 1.97. The number of fused-ring (bicyclic) bond motifs is 2. The Hall–Kier alpha value is -1.36. The molecule has 1 saturated carbocycles. The van der Waals surface area contributed by atoms with Crippen molar-refractivity contribution in [3.8, 4) is 0 Å². The fourth-order valence-corrected chi connectivity index (χ4v) is 5.20. The van der Waals surface area contributed by atoms with Crippen molar-refractivity contribution in [2.75, 3.05) is 13.1 Å². The van der Waals surface area contributed by atoms with Crippen molar-refractivity contribution in [2.45, 2.75) is 39.0 Å². The van der Waals surface area contributed by atoms with Crippen LogP contribution in [0, 0.1) is 11.8 Å². The second-order valence-corrected chi connectivity index (χ2v) is 8.18. The Kier molecular flexibility index (Phi) is 3.29. The topological polar surface area (TPSA) is 38.1 Å². The molecule has 0 bridgehead atoms. The van der Waals surface area contributed by atoms with Gasteiger partial charge in [0.1, 0.15) is 4.83 Å². The number of likely N-dealkylation sites (tertiary alicyclic amines) is 1. The predicted octanol–water partition coefficient (Wildman–Crippen LogP) is 3.63. The monoisotopic (exact) mass is 317 g/mol. The van der Waals surface area contributed by atoms with E-state index in [-0.39, 0.29) is 5.91 Å². The van der Waals surface area contributed by atoms with E-state index in [0.29, 0.717) is 5.92 Å². The van der Waals surface area contributed by atoms with Crippen LogP contribution in [0.25, 0.3) is 10.2 Å². The van der Waals surface area contributed by atoms with Crippen molar-refractivity contribution in [3.05, 3.63) is 16.6 Å². The first kappa shape index (κ1) is 14.2. The molecular formula is C17H23N3OS. The molecule has 2 fully saturated rings. The van der Waals surface area contributed by atoms with Gasteiger partial charge in [-0.3, -0.25) is 9.48 Å². The van der Waals surface area contributed by atoms with Crippen LogP contribution < -0.4 is 0 Å². The Morgan fingerprint density at radius 2 is 2.00 bits per heavy atom. The van der Waals surface area contributed by atoms with Gasteiger partial charge in [-0.2, -0.15) is 5.10 Å². The van der Waals surface area contributed by atoms with Crippen LogP contribution in [0.15, 0.2) is 6.07 Å². The minimum absolute atomic E-state index is 0.227. The van der Waals surface area contributed by atoms with Crippen LogP contribution >= 0.6 is 11.3 Å². The van der Waals surface area contributed by atoms with Crippen LogP contribution in [0.5, 0.6) is 0 Å². The van der Waals surface area contributed by atoms with Gasteiger partial charge in [0.25, 0.3) is 5.91 Å². The first-order chi connectivity index (χ1) is 10.5. The molecule has 2 atom stereocenters. The molecule has 0 N–H and O–H groups in total. The highest BCUT2D eigenvalue weighted by Crippen LogP contribution is 2.39. The molecule has 2 aromatic rings. The molecular weight excluding hydrogens is 294 g/mol. The van der Waals surface area contributed by atoms with Gasteiger partial charge >= 0.3 is 0 Å². The van der Waals surface area contributed by atoms with Gasteiger partial charge in [-0.15, -0.1) is 11.3 Å². The second-order valence-electron chi connectivity index (χ2n) is 7.15. The smallest absolute Gasteiger partial charge is 0.264 e. The summed E-state index contributed by atoms with van der Waals surface area (Å²) >= 11 is 1.59. The summed E-state index contributed by atoms with van der Waals surface area (Å²) in [6, 6.07) is 2.07. The van der Waals surface area contributed by atoms with E-state index in [9.17, 15) is 4.79 Å². The fraction of sp³-hybridized carbons (Fsp3) is 0.647. The molecule has 0 radical (unpaired) electrons. The maximum Gasteiger partial charge on any atom is 0.264 e. The van der Waals surface area contributed by atoms with E-state index in [4.69, 9.17) is 0 Å². The quantitative estimate of drug-likeness (QED) is 0.848. The van der Waals surface area contributed by atoms with Crippen LogP contribution in [-0.4, -0.2) is 33.7 Å². The van der Waals surface area contributed by atoms with Gasteiger partial charge in [0, 0.05) is 25.5 Å². The van der Waals surface area contributed by atoms with Crippen LogP contribution in [0.1, 0.15) is 54.4 Å². The van der Waals surface area contributed by atoms with Crippen LogP contribution in [0.3, 0.4) is 0 Å². The van der Waals surface area contributed by atoms with Crippen molar-refractivity contribution in [2.24, 2.45) is 18.9 Å². The minimum atomic E-state index is 0.227. The zero-order valence-electron chi connectivity index (χ0n) is 13.5. The molecule has 4 nitrogen and oxygen atoms in total. The van der Waals surface area contributed by atoms with E-state index in [0.717, 1.165) is 45.7 Å². The average Bonchev–Trinajstić information content (AvgIpc) is 3.17. The van der Waals surface area contributed by atoms with Crippen molar-refractivity contribution >= 4 is 27.5 Å². The SMILES string of the molecule is CC(C)c1nn(C)c2sc(C(=O)N3C[C@@H]4CCC[C@H]4C3)cc12. The molecule has 5 heteroatoms. The Morgan fingerprint density at radius 1 is 1.32 bits per heavy atom. The molecule has 1 aliphatic heterocycles. The lowest BCUT2D eigenvalue weighted by Gasteiger charge is -2.16. The van der Waals surface area contributed by atoms with Gasteiger partial charge in [0.15, 0.2) is 0 Å². The van der Waals surface area contributed by atoms with Gasteiger partial charge in [0.05, 0.1) is 10.6 Å². The second kappa shape index (κ2) is 5.08. The number of hydrogen-bond acceptors (Lipinski definition) is 3. The van der Waals surface area contributed by atoms with Crippen molar-refractivity contribution in [3.63, 3.8) is 0 Å². The molecule has 0 spiro atoms. The summed E-state index contributed by atoms with van der Waals surface area (Å²) in [6.07, 6.45) is 3.97. The summed E-state index contributed by atoms with van der Waals surface area (Å²) in [5.41, 5.74) is 1.10. The van der Waals surface area contributed by atoms with E-state index in [2.05, 4.69) is 29.9 Å². The van der Waals surface area contributed by atoms with Gasteiger partial charge in [-0.25, -0.2) is 0 Å². The van der Waals surface area contributed by atoms with Gasteiger partial charge in [-0.05, 0) is 36.7 Å². The van der Waals surface area contributed by atoms with Gasteiger partial charge in [0.2, 0.25) is 0 Å². The lowest BCUT2D eigenvalue weighted by atomic mass is 10.0. The van der Waals surface area contributed by atoms with Crippen molar-refractivity contribution in [1.29, 1.82) is 0 Å². The van der Waals surface area contributed by atoms with E-state index < -0.39 is 0 Å². The molecule has 1 aliphatic carbocycles. The van der Waals surface area contributed by atoms with E-state index in [1.165, 1.54) is 19.3 Å². The molecule has 22 heavy (non-hydrogen) atoms. The molecule has 0 unspecified atom stereocenters. The minimum Gasteiger partial charge on any atom is -0.337 e. The maximum atomic E-state index is 12.8. The standard InChI is InChI=1S/C17H23N3OS/c1-10(2)15-13-7-14(22-17(13)19(3)18-15)16(21)20-8-11-5-4-6-12(11)9-20/h7,10-12H,4-6,8-9H2,1-3H3/t11-,12-/m0/s1. The molecule has 2 aromatic heterocycles. The van der Waals surface area contributed by atoms with E-state index in [1.807, 2.05) is 11.7 Å². The van der Waals surface area contributed by atoms with E-state index in [1.54, 1.807) is 11.3 Å². The molecule has 118 valence electrons. The number of carbonyl (C=O) groups excluding carboxylic acids is 1. The number of nitrogens with zero attached hydrogens (tertiary/aromatic N) is 3. The largest absolute Gasteiger partial charge is 0.337 e. The highest BCUT2D eigenvalue weighted by Gasteiger charge is 2.38. The first-order valence-corrected chi connectivity index (χ1v) is 9.12. The number of rotatable bonds is 2. The number of carbonyl (C=O) groups is 1. The lowest BCUT2D eigenvalue weighted by molar-refractivity contribution is 0.0785. The molecule has 2 aliphatic rings. The third kappa shape index (κ3) is 2.09. The molecule has 1 amide bonds. The summed E-state index contributed by atoms with van der Waals surface area (Å²) in [6.45, 7) is 6.24. The molecule has 1 saturated heterocycles. The zero-order chi connectivity index (χ0) is 15.4. The fourth-order valence-electron chi connectivity index (χ4n) is 4.15. The first-order valence-electron chi connectivity index (χ1n) is 8.30. The van der Waals surface area contributed by atoms with Crippen LogP contribution in [-0.2, 0) is 7.05 Å². The highest BCUT2D eigenvalue weighted by atomic mass is 32.1. The average molecular weight is 317 g/mol. The predicted molar refractivity (Wildman–Crippen MR) is 89.4 cm³/mol. The van der Waals surface area contributed by atoms with Gasteiger partial charge < -0.3 is 4.90 Å². The number of thiophene rings is 1.